The Morgan fingerprint density at radius 1 is 1.21 bits per heavy atom. The van der Waals surface area contributed by atoms with Crippen LogP contribution in [0.25, 0.3) is 0 Å². The van der Waals surface area contributed by atoms with Crippen molar-refractivity contribution in [1.82, 2.24) is 14.8 Å². The van der Waals surface area contributed by atoms with Gasteiger partial charge in [-0.15, -0.1) is 0 Å². The molecule has 5 nitrogen and oxygen atoms in total. The Morgan fingerprint density at radius 2 is 2.00 bits per heavy atom. The summed E-state index contributed by atoms with van der Waals surface area (Å²) in [6, 6.07) is 3.15. The number of ether oxygens (including phenoxy) is 1. The van der Waals surface area contributed by atoms with Crippen molar-refractivity contribution in [2.75, 3.05) is 6.61 Å². The summed E-state index contributed by atoms with van der Waals surface area (Å²) in [5.74, 6) is -1.25. The highest BCUT2D eigenvalue weighted by molar-refractivity contribution is 5.24. The van der Waals surface area contributed by atoms with Crippen molar-refractivity contribution in [2.45, 2.75) is 70.4 Å². The van der Waals surface area contributed by atoms with Gasteiger partial charge in [0.05, 0.1) is 18.8 Å². The van der Waals surface area contributed by atoms with Crippen LogP contribution in [0, 0.1) is 17.0 Å². The maximum atomic E-state index is 13.6. The first-order chi connectivity index (χ1) is 13.5. The molecule has 0 spiro atoms. The van der Waals surface area contributed by atoms with Crippen LogP contribution < -0.4 is 4.74 Å². The van der Waals surface area contributed by atoms with Crippen LogP contribution in [0.3, 0.4) is 0 Å². The maximum absolute atomic E-state index is 13.6. The minimum atomic E-state index is -0.693. The van der Waals surface area contributed by atoms with Crippen molar-refractivity contribution in [3.05, 3.63) is 42.5 Å². The molecule has 1 aromatic heterocycles. The van der Waals surface area contributed by atoms with E-state index in [4.69, 9.17) is 4.74 Å². The molecule has 28 heavy (non-hydrogen) atoms. The Morgan fingerprint density at radius 3 is 2.68 bits per heavy atom. The standard InChI is InChI=1S/C21H29F2N3O2/c1-21(10-4-2-5-11-21)20(27)18(26-15-24-14-25-26)7-3-6-12-28-19-9-8-16(22)13-17(19)23/h8-9,13-15,18,20,27H,2-7,10-12H2,1H3. The molecule has 1 heterocycles. The van der Waals surface area contributed by atoms with Crippen molar-refractivity contribution in [3.63, 3.8) is 0 Å². The predicted octanol–water partition coefficient (Wildman–Crippen LogP) is 4.68. The van der Waals surface area contributed by atoms with Crippen LogP contribution in [-0.2, 0) is 0 Å². The quantitative estimate of drug-likeness (QED) is 0.629. The lowest BCUT2D eigenvalue weighted by Crippen LogP contribution is -2.41. The molecule has 0 amide bonds. The predicted molar refractivity (Wildman–Crippen MR) is 102 cm³/mol. The Hall–Kier alpha value is -2.02. The molecule has 7 heteroatoms. The van der Waals surface area contributed by atoms with Crippen LogP contribution in [0.4, 0.5) is 8.78 Å². The molecule has 1 saturated carbocycles. The fourth-order valence-corrected chi connectivity index (χ4v) is 4.17. The summed E-state index contributed by atoms with van der Waals surface area (Å²) < 4.78 is 33.7. The third-order valence-corrected chi connectivity index (χ3v) is 5.90. The monoisotopic (exact) mass is 393 g/mol. The number of nitrogens with zero attached hydrogens (tertiary/aromatic N) is 3. The van der Waals surface area contributed by atoms with Gasteiger partial charge in [0.25, 0.3) is 0 Å². The minimum Gasteiger partial charge on any atom is -0.491 e. The first kappa shape index (κ1) is 20.7. The first-order valence-corrected chi connectivity index (χ1v) is 10.1. The van der Waals surface area contributed by atoms with E-state index in [1.807, 2.05) is 0 Å². The molecule has 0 saturated heterocycles. The van der Waals surface area contributed by atoms with Gasteiger partial charge < -0.3 is 9.84 Å². The molecular formula is C21H29F2N3O2. The van der Waals surface area contributed by atoms with E-state index in [0.29, 0.717) is 13.0 Å². The van der Waals surface area contributed by atoms with Gasteiger partial charge in [-0.2, -0.15) is 5.10 Å². The van der Waals surface area contributed by atoms with Gasteiger partial charge in [0.15, 0.2) is 11.6 Å². The van der Waals surface area contributed by atoms with Gasteiger partial charge in [0.1, 0.15) is 18.5 Å². The molecule has 2 atom stereocenters. The second-order valence-corrected chi connectivity index (χ2v) is 8.02. The lowest BCUT2D eigenvalue weighted by molar-refractivity contribution is -0.0325. The van der Waals surface area contributed by atoms with E-state index in [9.17, 15) is 13.9 Å². The lowest BCUT2D eigenvalue weighted by Gasteiger charge is -2.41. The molecule has 0 radical (unpaired) electrons. The van der Waals surface area contributed by atoms with E-state index >= 15 is 0 Å². The van der Waals surface area contributed by atoms with Gasteiger partial charge in [-0.25, -0.2) is 18.4 Å². The normalized spacial score (nSPS) is 18.6. The van der Waals surface area contributed by atoms with E-state index in [-0.39, 0.29) is 17.2 Å². The maximum Gasteiger partial charge on any atom is 0.167 e. The van der Waals surface area contributed by atoms with Gasteiger partial charge in [-0.05, 0) is 49.7 Å². The van der Waals surface area contributed by atoms with Crippen LogP contribution in [0.2, 0.25) is 0 Å². The van der Waals surface area contributed by atoms with Crippen molar-refractivity contribution in [2.24, 2.45) is 5.41 Å². The van der Waals surface area contributed by atoms with Crippen LogP contribution in [0.5, 0.6) is 5.75 Å². The molecule has 0 aliphatic heterocycles. The Balaban J connectivity index is 1.54. The second kappa shape index (κ2) is 9.45. The number of aliphatic hydroxyl groups is 1. The molecule has 1 aliphatic rings. The number of rotatable bonds is 9. The van der Waals surface area contributed by atoms with Gasteiger partial charge in [0.2, 0.25) is 0 Å². The van der Waals surface area contributed by atoms with Crippen LogP contribution in [-0.4, -0.2) is 32.6 Å². The molecule has 1 fully saturated rings. The highest BCUT2D eigenvalue weighted by Crippen LogP contribution is 2.43. The van der Waals surface area contributed by atoms with E-state index in [1.165, 1.54) is 24.9 Å². The molecular weight excluding hydrogens is 364 g/mol. The van der Waals surface area contributed by atoms with Gasteiger partial charge in [0, 0.05) is 6.07 Å². The minimum absolute atomic E-state index is 0.0592. The molecule has 2 unspecified atom stereocenters. The number of benzene rings is 1. The molecule has 154 valence electrons. The highest BCUT2D eigenvalue weighted by atomic mass is 19.1. The number of hydrogen-bond donors (Lipinski definition) is 1. The summed E-state index contributed by atoms with van der Waals surface area (Å²) in [5.41, 5.74) is -0.109. The molecule has 1 aliphatic carbocycles. The largest absolute Gasteiger partial charge is 0.491 e. The van der Waals surface area contributed by atoms with E-state index in [0.717, 1.165) is 44.6 Å². The number of halogens is 2. The summed E-state index contributed by atoms with van der Waals surface area (Å²) in [6.07, 6.45) is 10.4. The fraction of sp³-hybridized carbons (Fsp3) is 0.619. The number of hydrogen-bond acceptors (Lipinski definition) is 4. The van der Waals surface area contributed by atoms with Crippen molar-refractivity contribution >= 4 is 0 Å². The SMILES string of the molecule is CC1(C(O)C(CCCCOc2ccc(F)cc2F)n2cncn2)CCCCC1. The third kappa shape index (κ3) is 5.07. The fourth-order valence-electron chi connectivity index (χ4n) is 4.17. The topological polar surface area (TPSA) is 60.2 Å². The van der Waals surface area contributed by atoms with E-state index < -0.39 is 17.7 Å². The first-order valence-electron chi connectivity index (χ1n) is 10.1. The van der Waals surface area contributed by atoms with E-state index in [1.54, 1.807) is 11.0 Å². The van der Waals surface area contributed by atoms with Gasteiger partial charge in [-0.3, -0.25) is 0 Å². The average Bonchev–Trinajstić information content (AvgIpc) is 3.20. The molecule has 1 N–H and O–H groups in total. The number of aromatic nitrogens is 3. The number of aliphatic hydroxyl groups excluding tert-OH is 1. The number of unbranched alkanes of at least 4 members (excludes halogenated alkanes) is 1. The van der Waals surface area contributed by atoms with Gasteiger partial charge in [-0.1, -0.05) is 26.2 Å². The smallest absolute Gasteiger partial charge is 0.167 e. The molecule has 0 bridgehead atoms. The summed E-state index contributed by atoms with van der Waals surface area (Å²) >= 11 is 0. The molecule has 1 aromatic carbocycles. The zero-order valence-corrected chi connectivity index (χ0v) is 16.4. The zero-order valence-electron chi connectivity index (χ0n) is 16.4. The Kier molecular flexibility index (Phi) is 6.99. The lowest BCUT2D eigenvalue weighted by atomic mass is 9.69. The van der Waals surface area contributed by atoms with E-state index in [2.05, 4.69) is 17.0 Å². The van der Waals surface area contributed by atoms with Gasteiger partial charge >= 0.3 is 0 Å². The summed E-state index contributed by atoms with van der Waals surface area (Å²) in [5, 5.41) is 15.4. The zero-order chi connectivity index (χ0) is 20.0. The van der Waals surface area contributed by atoms with Crippen LogP contribution in [0.15, 0.2) is 30.9 Å². The average molecular weight is 393 g/mol. The third-order valence-electron chi connectivity index (χ3n) is 5.90. The van der Waals surface area contributed by atoms with Crippen molar-refractivity contribution < 1.29 is 18.6 Å². The second-order valence-electron chi connectivity index (χ2n) is 8.02. The van der Waals surface area contributed by atoms with Crippen molar-refractivity contribution in [1.29, 1.82) is 0 Å². The van der Waals surface area contributed by atoms with Crippen LogP contribution >= 0.6 is 0 Å². The summed E-state index contributed by atoms with van der Waals surface area (Å²) in [6.45, 7) is 2.50. The highest BCUT2D eigenvalue weighted by Gasteiger charge is 2.39. The summed E-state index contributed by atoms with van der Waals surface area (Å²) in [7, 11) is 0. The Labute approximate surface area is 164 Å². The Bertz CT molecular complexity index is 733. The van der Waals surface area contributed by atoms with Crippen molar-refractivity contribution in [3.8, 4) is 5.75 Å². The molecule has 3 rings (SSSR count). The summed E-state index contributed by atoms with van der Waals surface area (Å²) in [4.78, 5) is 4.04. The molecule has 2 aromatic rings. The van der Waals surface area contributed by atoms with Crippen LogP contribution in [0.1, 0.15) is 64.3 Å².